The zero-order chi connectivity index (χ0) is 22.2. The third-order valence-electron chi connectivity index (χ3n) is 5.53. The number of rotatable bonds is 3. The second-order valence-corrected chi connectivity index (χ2v) is 7.43. The third-order valence-corrected chi connectivity index (χ3v) is 5.53. The number of hydrogen-bond acceptors (Lipinski definition) is 5. The van der Waals surface area contributed by atoms with Gasteiger partial charge in [0.1, 0.15) is 0 Å². The van der Waals surface area contributed by atoms with Crippen LogP contribution in [0.1, 0.15) is 24.2 Å². The Bertz CT molecular complexity index is 1640. The summed E-state index contributed by atoms with van der Waals surface area (Å²) in [6, 6.07) is 22.8. The maximum absolute atomic E-state index is 13.6. The molecular weight excluding hydrogens is 402 g/mol. The summed E-state index contributed by atoms with van der Waals surface area (Å²) >= 11 is 0. The van der Waals surface area contributed by atoms with Gasteiger partial charge in [0.05, 0.1) is 40.0 Å². The van der Waals surface area contributed by atoms with E-state index in [1.807, 2.05) is 36.4 Å². The molecule has 154 valence electrons. The molecule has 3 aromatic heterocycles. The Kier molecular flexibility index (Phi) is 4.61. The van der Waals surface area contributed by atoms with Gasteiger partial charge >= 0.3 is 5.69 Å². The molecule has 3 heterocycles. The molecule has 1 unspecified atom stereocenters. The summed E-state index contributed by atoms with van der Waals surface area (Å²) in [7, 11) is 0. The highest BCUT2D eigenvalue weighted by atomic mass is 16.2. The first-order chi connectivity index (χ1) is 15.6. The van der Waals surface area contributed by atoms with Crippen molar-refractivity contribution in [3.05, 3.63) is 111 Å². The van der Waals surface area contributed by atoms with Crippen molar-refractivity contribution < 1.29 is 0 Å². The predicted molar refractivity (Wildman–Crippen MR) is 122 cm³/mol. The Balaban J connectivity index is 1.78. The Morgan fingerprint density at radius 3 is 2.50 bits per heavy atom. The lowest BCUT2D eigenvalue weighted by atomic mass is 10.1. The lowest BCUT2D eigenvalue weighted by Gasteiger charge is -2.18. The van der Waals surface area contributed by atoms with Crippen LogP contribution in [0.2, 0.25) is 0 Å². The second-order valence-electron chi connectivity index (χ2n) is 7.43. The van der Waals surface area contributed by atoms with Crippen LogP contribution in [0, 0.1) is 11.3 Å². The van der Waals surface area contributed by atoms with Crippen molar-refractivity contribution in [2.45, 2.75) is 13.0 Å². The predicted octanol–water partition coefficient (Wildman–Crippen LogP) is 3.58. The molecule has 1 atom stereocenters. The first kappa shape index (κ1) is 19.4. The van der Waals surface area contributed by atoms with E-state index in [0.29, 0.717) is 22.3 Å². The van der Waals surface area contributed by atoms with Crippen molar-refractivity contribution in [3.8, 4) is 11.8 Å². The van der Waals surface area contributed by atoms with E-state index in [9.17, 15) is 9.59 Å². The van der Waals surface area contributed by atoms with E-state index in [2.05, 4.69) is 16.0 Å². The van der Waals surface area contributed by atoms with Crippen molar-refractivity contribution in [1.29, 1.82) is 5.26 Å². The largest absolute Gasteiger partial charge is 0.337 e. The molecule has 2 aromatic carbocycles. The molecule has 5 aromatic rings. The molecular formula is C25H17N5O2. The van der Waals surface area contributed by atoms with E-state index in [4.69, 9.17) is 5.26 Å². The molecule has 0 N–H and O–H groups in total. The van der Waals surface area contributed by atoms with Gasteiger partial charge in [-0.1, -0.05) is 24.3 Å². The summed E-state index contributed by atoms with van der Waals surface area (Å²) in [6.45, 7) is 1.78. The highest BCUT2D eigenvalue weighted by molar-refractivity contribution is 5.78. The van der Waals surface area contributed by atoms with Gasteiger partial charge in [-0.15, -0.1) is 0 Å². The number of nitrogens with zero attached hydrogens (tertiary/aromatic N) is 5. The molecule has 0 spiro atoms. The van der Waals surface area contributed by atoms with Crippen LogP contribution in [0.3, 0.4) is 0 Å². The minimum atomic E-state index is -0.603. The standard InChI is InChI=1S/C25H17N5O2/c1-16(21-13-10-18-5-2-3-7-22(18)28-21)29-24(31)20-6-4-14-27-23(20)30(25(29)32)19-11-8-17(15-26)9-12-19/h2-14,16H,1H3. The summed E-state index contributed by atoms with van der Waals surface area (Å²) < 4.78 is 2.61. The number of hydrogen-bond donors (Lipinski definition) is 0. The van der Waals surface area contributed by atoms with Crippen LogP contribution in [-0.4, -0.2) is 19.1 Å². The molecule has 0 radical (unpaired) electrons. The quantitative estimate of drug-likeness (QED) is 0.446. The number of aromatic nitrogens is 4. The minimum absolute atomic E-state index is 0.266. The Morgan fingerprint density at radius 1 is 0.938 bits per heavy atom. The van der Waals surface area contributed by atoms with Crippen LogP contribution in [0.15, 0.2) is 88.6 Å². The van der Waals surface area contributed by atoms with Gasteiger partial charge in [0.2, 0.25) is 0 Å². The van der Waals surface area contributed by atoms with Gasteiger partial charge < -0.3 is 0 Å². The summed E-state index contributed by atoms with van der Waals surface area (Å²) in [5.74, 6) is 0. The van der Waals surface area contributed by atoms with E-state index in [1.165, 1.54) is 9.13 Å². The van der Waals surface area contributed by atoms with Crippen LogP contribution < -0.4 is 11.2 Å². The number of pyridine rings is 2. The summed E-state index contributed by atoms with van der Waals surface area (Å²) in [5.41, 5.74) is 1.71. The fourth-order valence-corrected chi connectivity index (χ4v) is 3.86. The van der Waals surface area contributed by atoms with Gasteiger partial charge in [0.15, 0.2) is 5.65 Å². The van der Waals surface area contributed by atoms with Crippen molar-refractivity contribution >= 4 is 21.9 Å². The first-order valence-corrected chi connectivity index (χ1v) is 10.1. The molecule has 0 bridgehead atoms. The van der Waals surface area contributed by atoms with Crippen LogP contribution in [0.25, 0.3) is 27.6 Å². The van der Waals surface area contributed by atoms with Gasteiger partial charge in [0.25, 0.3) is 5.56 Å². The zero-order valence-electron chi connectivity index (χ0n) is 17.1. The molecule has 0 fully saturated rings. The van der Waals surface area contributed by atoms with Crippen molar-refractivity contribution in [1.82, 2.24) is 19.1 Å². The average molecular weight is 419 g/mol. The van der Waals surface area contributed by atoms with Crippen molar-refractivity contribution in [3.63, 3.8) is 0 Å². The van der Waals surface area contributed by atoms with Crippen molar-refractivity contribution in [2.24, 2.45) is 0 Å². The maximum atomic E-state index is 13.6. The molecule has 0 saturated heterocycles. The zero-order valence-corrected chi connectivity index (χ0v) is 17.1. The second kappa shape index (κ2) is 7.60. The smallest absolute Gasteiger partial charge is 0.268 e. The fourth-order valence-electron chi connectivity index (χ4n) is 3.86. The molecule has 0 aliphatic carbocycles. The topological polar surface area (TPSA) is 93.6 Å². The molecule has 7 heteroatoms. The Hall–Kier alpha value is -4.57. The van der Waals surface area contributed by atoms with Crippen LogP contribution in [0.5, 0.6) is 0 Å². The first-order valence-electron chi connectivity index (χ1n) is 10.1. The molecule has 0 aliphatic rings. The Labute approximate surface area is 182 Å². The van der Waals surface area contributed by atoms with Gasteiger partial charge in [-0.2, -0.15) is 5.26 Å². The van der Waals surface area contributed by atoms with Crippen LogP contribution in [0.4, 0.5) is 0 Å². The molecule has 0 aliphatic heterocycles. The van der Waals surface area contributed by atoms with E-state index < -0.39 is 17.3 Å². The molecule has 32 heavy (non-hydrogen) atoms. The summed E-state index contributed by atoms with van der Waals surface area (Å²) in [6.07, 6.45) is 1.54. The molecule has 0 saturated carbocycles. The van der Waals surface area contributed by atoms with Gasteiger partial charge in [-0.05, 0) is 55.5 Å². The number of fused-ring (bicyclic) bond motifs is 2. The maximum Gasteiger partial charge on any atom is 0.337 e. The van der Waals surface area contributed by atoms with Crippen LogP contribution in [-0.2, 0) is 0 Å². The average Bonchev–Trinajstić information content (AvgIpc) is 2.84. The monoisotopic (exact) mass is 419 g/mol. The Morgan fingerprint density at radius 2 is 1.72 bits per heavy atom. The number of benzene rings is 2. The number of para-hydroxylation sites is 1. The fraction of sp³-hybridized carbons (Fsp3) is 0.0800. The lowest BCUT2D eigenvalue weighted by Crippen LogP contribution is -2.42. The van der Waals surface area contributed by atoms with Crippen LogP contribution >= 0.6 is 0 Å². The summed E-state index contributed by atoms with van der Waals surface area (Å²) in [5, 5.41) is 10.4. The van der Waals surface area contributed by atoms with Gasteiger partial charge in [0, 0.05) is 11.6 Å². The van der Waals surface area contributed by atoms with E-state index in [1.54, 1.807) is 49.5 Å². The number of nitriles is 1. The van der Waals surface area contributed by atoms with E-state index in [0.717, 1.165) is 10.9 Å². The SMILES string of the molecule is CC(c1ccc2ccccc2n1)n1c(=O)c2cccnc2n(-c2ccc(C#N)cc2)c1=O. The third kappa shape index (κ3) is 3.06. The molecule has 0 amide bonds. The van der Waals surface area contributed by atoms with Crippen molar-refractivity contribution in [2.75, 3.05) is 0 Å². The van der Waals surface area contributed by atoms with E-state index in [-0.39, 0.29) is 5.65 Å². The van der Waals surface area contributed by atoms with Gasteiger partial charge in [-0.25, -0.2) is 14.3 Å². The van der Waals surface area contributed by atoms with E-state index >= 15 is 0 Å². The summed E-state index contributed by atoms with van der Waals surface area (Å²) in [4.78, 5) is 36.0. The normalized spacial score (nSPS) is 12.0. The highest BCUT2D eigenvalue weighted by Crippen LogP contribution is 2.19. The molecule has 5 rings (SSSR count). The highest BCUT2D eigenvalue weighted by Gasteiger charge is 2.21. The lowest BCUT2D eigenvalue weighted by molar-refractivity contribution is 0.560. The van der Waals surface area contributed by atoms with Gasteiger partial charge in [-0.3, -0.25) is 14.3 Å². The minimum Gasteiger partial charge on any atom is -0.268 e. The molecule has 7 nitrogen and oxygen atoms in total.